The van der Waals surface area contributed by atoms with Crippen LogP contribution in [0.3, 0.4) is 0 Å². The molecule has 0 spiro atoms. The minimum absolute atomic E-state index is 0.0457. The molecule has 0 rings (SSSR count). The maximum atomic E-state index is 13.4. The van der Waals surface area contributed by atoms with Gasteiger partial charge >= 0.3 is 26.0 Å². The second-order valence-corrected chi connectivity index (χ2v) is 12.7. The molecule has 14 nitrogen and oxygen atoms in total. The lowest BCUT2D eigenvalue weighted by atomic mass is 10.1. The Bertz CT molecular complexity index is 846. The zero-order valence-electron chi connectivity index (χ0n) is 28.6. The summed E-state index contributed by atoms with van der Waals surface area (Å²) in [5, 5.41) is 9.25. The lowest BCUT2D eigenvalue weighted by molar-refractivity contribution is -0.140. The maximum Gasteiger partial charge on any atom is 0.508 e. The average Bonchev–Trinajstić information content (AvgIpc) is 3.02. The molecule has 270 valence electrons. The van der Waals surface area contributed by atoms with Crippen LogP contribution in [0, 0.1) is 0 Å². The van der Waals surface area contributed by atoms with Gasteiger partial charge in [0, 0.05) is 7.05 Å². The first-order valence-electron chi connectivity index (χ1n) is 16.9. The van der Waals surface area contributed by atoms with Gasteiger partial charge in [-0.15, -0.1) is 4.76 Å². The molecule has 0 aromatic rings. The Kier molecular flexibility index (Phi) is 27.0. The van der Waals surface area contributed by atoms with Gasteiger partial charge in [-0.3, -0.25) is 9.05 Å². The van der Waals surface area contributed by atoms with Crippen molar-refractivity contribution in [2.75, 3.05) is 46.7 Å². The van der Waals surface area contributed by atoms with E-state index in [4.69, 9.17) is 33.7 Å². The third-order valence-corrected chi connectivity index (χ3v) is 8.45. The Morgan fingerprint density at radius 2 is 0.978 bits per heavy atom. The Morgan fingerprint density at radius 3 is 1.35 bits per heavy atom. The molecule has 0 aromatic heterocycles. The summed E-state index contributed by atoms with van der Waals surface area (Å²) in [6.07, 6.45) is 13.1. The number of aliphatic carboxylic acids is 1. The molecular formula is C31H60N3O11P. The van der Waals surface area contributed by atoms with E-state index in [1.54, 1.807) is 0 Å². The van der Waals surface area contributed by atoms with Gasteiger partial charge < -0.3 is 34.7 Å². The molecule has 0 aromatic carbocycles. The lowest BCUT2D eigenvalue weighted by Crippen LogP contribution is -2.44. The van der Waals surface area contributed by atoms with Crippen LogP contribution in [0.2, 0.25) is 0 Å². The molecule has 1 unspecified atom stereocenters. The maximum absolute atomic E-state index is 13.4. The summed E-state index contributed by atoms with van der Waals surface area (Å²) in [7, 11) is -2.73. The molecule has 0 heterocycles. The van der Waals surface area contributed by atoms with Crippen LogP contribution in [0.1, 0.15) is 124 Å². The third kappa shape index (κ3) is 24.6. The molecule has 0 saturated carbocycles. The first-order valence-corrected chi connectivity index (χ1v) is 18.3. The van der Waals surface area contributed by atoms with E-state index in [2.05, 4.69) is 18.6 Å². The first kappa shape index (κ1) is 43.4. The van der Waals surface area contributed by atoms with Crippen LogP contribution in [-0.4, -0.2) is 87.0 Å². The van der Waals surface area contributed by atoms with Gasteiger partial charge in [-0.1, -0.05) is 78.1 Å². The fourth-order valence-electron chi connectivity index (χ4n) is 3.89. The van der Waals surface area contributed by atoms with Crippen molar-refractivity contribution in [3.8, 4) is 0 Å². The van der Waals surface area contributed by atoms with E-state index in [0.717, 1.165) is 43.4 Å². The smallest absolute Gasteiger partial charge is 0.480 e. The summed E-state index contributed by atoms with van der Waals surface area (Å²) < 4.78 is 48.4. The molecule has 15 heteroatoms. The van der Waals surface area contributed by atoms with Crippen molar-refractivity contribution in [1.29, 1.82) is 0 Å². The van der Waals surface area contributed by atoms with Gasteiger partial charge in [0.05, 0.1) is 39.6 Å². The molecule has 0 saturated heterocycles. The van der Waals surface area contributed by atoms with Crippen LogP contribution in [-0.2, 0) is 37.4 Å². The minimum Gasteiger partial charge on any atom is -0.480 e. The number of carboxylic acids is 1. The number of nitrogens with zero attached hydrogens (tertiary/aromatic N) is 2. The average molecular weight is 682 g/mol. The lowest BCUT2D eigenvalue weighted by Gasteiger charge is -2.23. The fourth-order valence-corrected chi connectivity index (χ4v) is 5.19. The fraction of sp³-hybridized carbons (Fsp3) is 0.871. The van der Waals surface area contributed by atoms with Crippen molar-refractivity contribution in [3.63, 3.8) is 0 Å². The SMILES string of the molecule is CCCCCCCCOC(=O)OCCCCOP(=O)(N=C(N)N(C)C(C)C(=O)O)OCCCCOC(=O)OCCCCCCCC. The number of hydrogen-bond acceptors (Lipinski definition) is 10. The zero-order chi connectivity index (χ0) is 34.5. The molecule has 0 fully saturated rings. The molecule has 0 aliphatic heterocycles. The summed E-state index contributed by atoms with van der Waals surface area (Å²) in [4.78, 5) is 35.9. The quantitative estimate of drug-likeness (QED) is 0.0261. The second-order valence-electron chi connectivity index (χ2n) is 11.1. The van der Waals surface area contributed by atoms with Crippen LogP contribution in [0.25, 0.3) is 0 Å². The summed E-state index contributed by atoms with van der Waals surface area (Å²) in [6.45, 7) is 6.44. The van der Waals surface area contributed by atoms with E-state index in [1.165, 1.54) is 52.5 Å². The largest absolute Gasteiger partial charge is 0.508 e. The van der Waals surface area contributed by atoms with E-state index in [1.807, 2.05) is 0 Å². The van der Waals surface area contributed by atoms with Crippen molar-refractivity contribution in [3.05, 3.63) is 0 Å². The molecule has 0 aliphatic rings. The number of carbonyl (C=O) groups excluding carboxylic acids is 2. The highest BCUT2D eigenvalue weighted by molar-refractivity contribution is 7.52. The van der Waals surface area contributed by atoms with Crippen molar-refractivity contribution in [2.24, 2.45) is 10.5 Å². The molecule has 0 bridgehead atoms. The highest BCUT2D eigenvalue weighted by atomic mass is 31.2. The van der Waals surface area contributed by atoms with Gasteiger partial charge in [0.1, 0.15) is 6.04 Å². The van der Waals surface area contributed by atoms with Gasteiger partial charge in [-0.2, -0.15) is 0 Å². The van der Waals surface area contributed by atoms with Crippen LogP contribution in [0.4, 0.5) is 9.59 Å². The third-order valence-electron chi connectivity index (χ3n) is 6.99. The molecule has 3 N–H and O–H groups in total. The summed E-state index contributed by atoms with van der Waals surface area (Å²) >= 11 is 0. The molecule has 1 atom stereocenters. The number of unbranched alkanes of at least 4 members (excludes halogenated alkanes) is 12. The number of nitrogens with two attached hydrogens (primary N) is 1. The van der Waals surface area contributed by atoms with Crippen LogP contribution >= 0.6 is 7.75 Å². The first-order chi connectivity index (χ1) is 22.1. The minimum atomic E-state index is -4.13. The molecule has 46 heavy (non-hydrogen) atoms. The predicted octanol–water partition coefficient (Wildman–Crippen LogP) is 7.44. The van der Waals surface area contributed by atoms with Crippen LogP contribution in [0.15, 0.2) is 4.76 Å². The second kappa shape index (κ2) is 28.6. The normalized spacial score (nSPS) is 12.4. The van der Waals surface area contributed by atoms with Crippen LogP contribution in [0.5, 0.6) is 0 Å². The van der Waals surface area contributed by atoms with Crippen molar-refractivity contribution in [2.45, 2.75) is 130 Å². The molecule has 0 radical (unpaired) electrons. The number of carbonyl (C=O) groups is 3. The Balaban J connectivity index is 4.52. The summed E-state index contributed by atoms with van der Waals surface area (Å²) in [5.41, 5.74) is 5.91. The topological polar surface area (TPSA) is 186 Å². The number of carboxylic acid groups (broad SMARTS) is 1. The Hall–Kier alpha value is -2.57. The number of rotatable bonds is 29. The number of likely N-dealkylation sites (N-methyl/N-ethyl adjacent to an activating group) is 1. The van der Waals surface area contributed by atoms with Crippen molar-refractivity contribution >= 4 is 32.0 Å². The highest BCUT2D eigenvalue weighted by Gasteiger charge is 2.27. The molecule has 0 amide bonds. The van der Waals surface area contributed by atoms with Gasteiger partial charge in [0.15, 0.2) is 0 Å². The van der Waals surface area contributed by atoms with E-state index < -0.39 is 32.1 Å². The van der Waals surface area contributed by atoms with E-state index in [0.29, 0.717) is 38.9 Å². The number of guanidine groups is 1. The van der Waals surface area contributed by atoms with E-state index in [-0.39, 0.29) is 32.4 Å². The predicted molar refractivity (Wildman–Crippen MR) is 176 cm³/mol. The summed E-state index contributed by atoms with van der Waals surface area (Å²) in [6, 6.07) is -1.03. The van der Waals surface area contributed by atoms with Gasteiger partial charge in [0.2, 0.25) is 5.96 Å². The number of ether oxygens (including phenoxy) is 4. The molecule has 0 aliphatic carbocycles. The zero-order valence-corrected chi connectivity index (χ0v) is 29.5. The Labute approximate surface area is 275 Å². The highest BCUT2D eigenvalue weighted by Crippen LogP contribution is 2.50. The monoisotopic (exact) mass is 681 g/mol. The van der Waals surface area contributed by atoms with Crippen molar-refractivity contribution in [1.82, 2.24) is 4.90 Å². The van der Waals surface area contributed by atoms with Crippen molar-refractivity contribution < 1.29 is 52.1 Å². The Morgan fingerprint density at radius 1 is 0.652 bits per heavy atom. The summed E-state index contributed by atoms with van der Waals surface area (Å²) in [5.74, 6) is -1.47. The van der Waals surface area contributed by atoms with E-state index in [9.17, 15) is 24.1 Å². The van der Waals surface area contributed by atoms with Gasteiger partial charge in [0.25, 0.3) is 0 Å². The van der Waals surface area contributed by atoms with Gasteiger partial charge in [-0.25, -0.2) is 18.9 Å². The standard InChI is InChI=1S/C31H60N3O11P/c1-5-7-9-11-13-15-21-40-30(37)42-23-17-19-25-44-46(39,33-29(32)34(4)27(3)28(35)36)45-26-20-18-24-43-31(38)41-22-16-14-12-10-8-6-2/h27H,5-26H2,1-4H3,(H,35,36)(H2,32,33,39). The molecular weight excluding hydrogens is 621 g/mol. The van der Waals surface area contributed by atoms with Crippen LogP contribution < -0.4 is 5.73 Å². The number of hydrogen-bond donors (Lipinski definition) is 2. The van der Waals surface area contributed by atoms with E-state index >= 15 is 0 Å². The van der Waals surface area contributed by atoms with Gasteiger partial charge in [-0.05, 0) is 45.4 Å².